The number of nitrogens with zero attached hydrogens (tertiary/aromatic N) is 4. The zero-order valence-electron chi connectivity index (χ0n) is 16.3. The number of rotatable bonds is 3. The highest BCUT2D eigenvalue weighted by molar-refractivity contribution is 7.87. The van der Waals surface area contributed by atoms with Crippen molar-refractivity contribution in [1.82, 2.24) is 23.8 Å². The van der Waals surface area contributed by atoms with Crippen LogP contribution in [-0.2, 0) is 42.4 Å². The molecule has 3 aliphatic rings. The van der Waals surface area contributed by atoms with E-state index < -0.39 is 16.2 Å². The van der Waals surface area contributed by atoms with Gasteiger partial charge in [0.1, 0.15) is 12.2 Å². The first kappa shape index (κ1) is 18.6. The molecular weight excluding hydrogens is 392 g/mol. The van der Waals surface area contributed by atoms with Crippen molar-refractivity contribution in [2.75, 3.05) is 11.9 Å². The van der Waals surface area contributed by atoms with Crippen LogP contribution in [0.1, 0.15) is 53.9 Å². The Hall–Kier alpha value is -2.46. The van der Waals surface area contributed by atoms with Crippen molar-refractivity contribution in [2.45, 2.75) is 58.0 Å². The van der Waals surface area contributed by atoms with Crippen LogP contribution in [0.5, 0.6) is 0 Å². The van der Waals surface area contributed by atoms with Gasteiger partial charge in [-0.05, 0) is 67.7 Å². The molecule has 1 aromatic carbocycles. The molecule has 0 fully saturated rings. The van der Waals surface area contributed by atoms with Crippen molar-refractivity contribution in [3.8, 4) is 0 Å². The second-order valence-electron chi connectivity index (χ2n) is 8.06. The minimum absolute atomic E-state index is 0.0864. The van der Waals surface area contributed by atoms with E-state index >= 15 is 0 Å². The minimum Gasteiger partial charge on any atom is -0.307 e. The van der Waals surface area contributed by atoms with Crippen LogP contribution in [-0.4, -0.2) is 40.1 Å². The van der Waals surface area contributed by atoms with E-state index in [0.29, 0.717) is 5.82 Å². The SMILES string of the molecule is CC1CN(S(=O)(=O)NC(=O)Nc2c3c(cc4c2CCC4)CCC3)Cc2ncnn21. The minimum atomic E-state index is -3.99. The zero-order chi connectivity index (χ0) is 20.2. The Morgan fingerprint density at radius 2 is 1.83 bits per heavy atom. The number of nitrogens with one attached hydrogen (secondary N) is 2. The van der Waals surface area contributed by atoms with Gasteiger partial charge < -0.3 is 5.32 Å². The number of fused-ring (bicyclic) bond motifs is 3. The molecule has 0 bridgehead atoms. The second kappa shape index (κ2) is 6.81. The smallest absolute Gasteiger partial charge is 0.307 e. The highest BCUT2D eigenvalue weighted by Crippen LogP contribution is 2.38. The monoisotopic (exact) mass is 416 g/mol. The van der Waals surface area contributed by atoms with Crippen LogP contribution in [0.2, 0.25) is 0 Å². The van der Waals surface area contributed by atoms with Gasteiger partial charge in [-0.3, -0.25) is 0 Å². The molecule has 9 nitrogen and oxygen atoms in total. The molecule has 1 unspecified atom stereocenters. The zero-order valence-corrected chi connectivity index (χ0v) is 17.1. The van der Waals surface area contributed by atoms with Gasteiger partial charge in [-0.1, -0.05) is 6.07 Å². The summed E-state index contributed by atoms with van der Waals surface area (Å²) < 4.78 is 30.8. The van der Waals surface area contributed by atoms with Crippen LogP contribution in [0.4, 0.5) is 10.5 Å². The molecule has 2 heterocycles. The maximum absolute atomic E-state index is 12.8. The Morgan fingerprint density at radius 1 is 1.14 bits per heavy atom. The van der Waals surface area contributed by atoms with Crippen molar-refractivity contribution in [2.24, 2.45) is 0 Å². The maximum atomic E-state index is 12.8. The Morgan fingerprint density at radius 3 is 2.52 bits per heavy atom. The molecule has 2 aliphatic carbocycles. The Kier molecular flexibility index (Phi) is 4.36. The standard InChI is InChI=1S/C19H24N6O3S/c1-12-9-24(10-17-20-11-21-25(12)17)29(27,28)23-19(26)22-18-15-6-2-4-13(15)8-14-5-3-7-16(14)18/h8,11-12H,2-7,9-10H2,1H3,(H2,22,23,26). The van der Waals surface area contributed by atoms with Gasteiger partial charge in [-0.15, -0.1) is 0 Å². The lowest BCUT2D eigenvalue weighted by atomic mass is 9.99. The number of carbonyl (C=O) groups excluding carboxylic acids is 1. The summed E-state index contributed by atoms with van der Waals surface area (Å²) in [5.41, 5.74) is 5.73. The maximum Gasteiger partial charge on any atom is 0.333 e. The van der Waals surface area contributed by atoms with Crippen LogP contribution < -0.4 is 10.0 Å². The highest BCUT2D eigenvalue weighted by atomic mass is 32.2. The van der Waals surface area contributed by atoms with Crippen LogP contribution >= 0.6 is 0 Å². The number of carbonyl (C=O) groups is 1. The van der Waals surface area contributed by atoms with Crippen molar-refractivity contribution < 1.29 is 13.2 Å². The van der Waals surface area contributed by atoms with E-state index in [-0.39, 0.29) is 19.1 Å². The summed E-state index contributed by atoms with van der Waals surface area (Å²) >= 11 is 0. The second-order valence-corrected chi connectivity index (χ2v) is 9.73. The van der Waals surface area contributed by atoms with Gasteiger partial charge in [-0.2, -0.15) is 17.8 Å². The van der Waals surface area contributed by atoms with Crippen molar-refractivity contribution in [3.63, 3.8) is 0 Å². The third-order valence-corrected chi connectivity index (χ3v) is 7.52. The van der Waals surface area contributed by atoms with E-state index in [1.165, 1.54) is 21.8 Å². The number of urea groups is 1. The van der Waals surface area contributed by atoms with E-state index in [1.54, 1.807) is 4.68 Å². The first-order valence-electron chi connectivity index (χ1n) is 10.1. The summed E-state index contributed by atoms with van der Waals surface area (Å²) in [6, 6.07) is 1.41. The number of hydrogen-bond acceptors (Lipinski definition) is 5. The number of amides is 2. The molecule has 1 atom stereocenters. The highest BCUT2D eigenvalue weighted by Gasteiger charge is 2.33. The van der Waals surface area contributed by atoms with Gasteiger partial charge in [0.2, 0.25) is 0 Å². The fraction of sp³-hybridized carbons (Fsp3) is 0.526. The fourth-order valence-electron chi connectivity index (χ4n) is 4.82. The Balaban J connectivity index is 1.36. The van der Waals surface area contributed by atoms with Crippen molar-refractivity contribution >= 4 is 21.9 Å². The molecule has 0 spiro atoms. The van der Waals surface area contributed by atoms with Gasteiger partial charge in [0, 0.05) is 12.2 Å². The lowest BCUT2D eigenvalue weighted by Crippen LogP contribution is -2.49. The summed E-state index contributed by atoms with van der Waals surface area (Å²) in [7, 11) is -3.99. The van der Waals surface area contributed by atoms with Gasteiger partial charge in [0.05, 0.1) is 12.6 Å². The van der Waals surface area contributed by atoms with Crippen LogP contribution in [0.25, 0.3) is 0 Å². The molecule has 1 aromatic heterocycles. The average Bonchev–Trinajstić information content (AvgIpc) is 3.40. The van der Waals surface area contributed by atoms with Crippen molar-refractivity contribution in [3.05, 3.63) is 40.5 Å². The molecule has 0 radical (unpaired) electrons. The van der Waals surface area contributed by atoms with E-state index in [0.717, 1.165) is 55.3 Å². The molecule has 0 saturated heterocycles. The number of aromatic nitrogens is 3. The molecular formula is C19H24N6O3S. The molecule has 2 amide bonds. The van der Waals surface area contributed by atoms with E-state index in [9.17, 15) is 13.2 Å². The summed E-state index contributed by atoms with van der Waals surface area (Å²) in [5.74, 6) is 0.563. The number of anilines is 1. The van der Waals surface area contributed by atoms with E-state index in [2.05, 4.69) is 26.2 Å². The molecule has 10 heteroatoms. The number of hydrogen-bond donors (Lipinski definition) is 2. The number of aryl methyl sites for hydroxylation is 2. The third kappa shape index (κ3) is 3.20. The predicted molar refractivity (Wildman–Crippen MR) is 107 cm³/mol. The topological polar surface area (TPSA) is 109 Å². The summed E-state index contributed by atoms with van der Waals surface area (Å²) in [6.45, 7) is 2.19. The lowest BCUT2D eigenvalue weighted by Gasteiger charge is -2.30. The first-order valence-corrected chi connectivity index (χ1v) is 11.5. The van der Waals surface area contributed by atoms with Gasteiger partial charge in [0.15, 0.2) is 0 Å². The van der Waals surface area contributed by atoms with E-state index in [1.807, 2.05) is 6.92 Å². The first-order chi connectivity index (χ1) is 13.9. The van der Waals surface area contributed by atoms with Crippen LogP contribution in [0.3, 0.4) is 0 Å². The summed E-state index contributed by atoms with van der Waals surface area (Å²) in [5, 5.41) is 7.00. The molecule has 0 saturated carbocycles. The predicted octanol–water partition coefficient (Wildman–Crippen LogP) is 1.70. The summed E-state index contributed by atoms with van der Waals surface area (Å²) in [4.78, 5) is 16.8. The molecule has 1 aliphatic heterocycles. The van der Waals surface area contributed by atoms with E-state index in [4.69, 9.17) is 0 Å². The summed E-state index contributed by atoms with van der Waals surface area (Å²) in [6.07, 6.45) is 7.43. The quantitative estimate of drug-likeness (QED) is 0.792. The van der Waals surface area contributed by atoms with Gasteiger partial charge >= 0.3 is 16.2 Å². The average molecular weight is 417 g/mol. The molecule has 2 aromatic rings. The normalized spacial score (nSPS) is 20.8. The molecule has 154 valence electrons. The molecule has 29 heavy (non-hydrogen) atoms. The number of benzene rings is 1. The fourth-order valence-corrected chi connectivity index (χ4v) is 5.93. The van der Waals surface area contributed by atoms with Crippen LogP contribution in [0, 0.1) is 0 Å². The lowest BCUT2D eigenvalue weighted by molar-refractivity contribution is 0.251. The Labute approximate surface area is 169 Å². The largest absolute Gasteiger partial charge is 0.333 e. The third-order valence-electron chi connectivity index (χ3n) is 6.12. The van der Waals surface area contributed by atoms with Gasteiger partial charge in [-0.25, -0.2) is 19.2 Å². The van der Waals surface area contributed by atoms with Crippen LogP contribution in [0.15, 0.2) is 12.4 Å². The van der Waals surface area contributed by atoms with Gasteiger partial charge in [0.25, 0.3) is 0 Å². The molecule has 5 rings (SSSR count). The molecule has 2 N–H and O–H groups in total. The Bertz CT molecular complexity index is 1060. The van der Waals surface area contributed by atoms with Crippen molar-refractivity contribution in [1.29, 1.82) is 0 Å².